The van der Waals surface area contributed by atoms with Crippen LogP contribution in [0.2, 0.25) is 0 Å². The summed E-state index contributed by atoms with van der Waals surface area (Å²) >= 11 is 0. The van der Waals surface area contributed by atoms with Crippen LogP contribution >= 0.6 is 0 Å². The van der Waals surface area contributed by atoms with Crippen molar-refractivity contribution in [1.82, 2.24) is 0 Å². The second-order valence-electron chi connectivity index (χ2n) is 4.78. The molecule has 1 aliphatic rings. The molecule has 18 heavy (non-hydrogen) atoms. The summed E-state index contributed by atoms with van der Waals surface area (Å²) in [7, 11) is 1.59. The maximum Gasteiger partial charge on any atom is 0.272 e. The van der Waals surface area contributed by atoms with Crippen LogP contribution in [0.1, 0.15) is 12.0 Å². The summed E-state index contributed by atoms with van der Waals surface area (Å²) in [6.45, 7) is 0. The quantitative estimate of drug-likeness (QED) is 0.887. The summed E-state index contributed by atoms with van der Waals surface area (Å²) in [5.41, 5.74) is 4.72. The Bertz CT molecular complexity index is 626. The largest absolute Gasteiger partial charge is 0.497 e. The number of nitrogens with two attached hydrogens (primary N) is 1. The van der Waals surface area contributed by atoms with Crippen molar-refractivity contribution in [3.63, 3.8) is 0 Å². The molecule has 0 aliphatic heterocycles. The van der Waals surface area contributed by atoms with Gasteiger partial charge < -0.3 is 10.5 Å². The number of methoxy groups -OCH3 is 1. The maximum absolute atomic E-state index is 13.2. The van der Waals surface area contributed by atoms with Gasteiger partial charge in [-0.1, -0.05) is 18.2 Å². The number of hydrogen-bond acceptors (Lipinski definition) is 2. The fraction of sp³-hybridized carbons (Fsp3) is 0.286. The van der Waals surface area contributed by atoms with E-state index < -0.39 is 11.5 Å². The van der Waals surface area contributed by atoms with Gasteiger partial charge in [0, 0.05) is 6.42 Å². The van der Waals surface area contributed by atoms with Gasteiger partial charge in [0.2, 0.25) is 0 Å². The van der Waals surface area contributed by atoms with Crippen molar-refractivity contribution in [3.05, 3.63) is 42.0 Å². The van der Waals surface area contributed by atoms with Crippen LogP contribution in [0, 0.1) is 0 Å². The van der Waals surface area contributed by atoms with E-state index in [0.717, 1.165) is 16.5 Å². The summed E-state index contributed by atoms with van der Waals surface area (Å²) in [5, 5.41) is 1.84. The van der Waals surface area contributed by atoms with Crippen molar-refractivity contribution in [2.75, 3.05) is 7.11 Å². The highest BCUT2D eigenvalue weighted by atomic mass is 19.3. The Balaban J connectivity index is 2.08. The number of halogens is 2. The van der Waals surface area contributed by atoms with Crippen LogP contribution in [0.4, 0.5) is 8.78 Å². The summed E-state index contributed by atoms with van der Waals surface area (Å²) in [6, 6.07) is 10.7. The van der Waals surface area contributed by atoms with Crippen molar-refractivity contribution >= 4 is 10.8 Å². The average Bonchev–Trinajstić information content (AvgIpc) is 2.88. The van der Waals surface area contributed by atoms with E-state index in [4.69, 9.17) is 10.5 Å². The van der Waals surface area contributed by atoms with Crippen molar-refractivity contribution < 1.29 is 13.5 Å². The standard InChI is InChI=1S/C14H13F2NO/c1-18-12-5-3-9-6-11(4-2-10(9)7-12)13(17)8-14(13,15)16/h2-7H,8,17H2,1H3. The van der Waals surface area contributed by atoms with Gasteiger partial charge >= 0.3 is 0 Å². The minimum atomic E-state index is -2.78. The van der Waals surface area contributed by atoms with Gasteiger partial charge in [0.15, 0.2) is 0 Å². The molecule has 2 aromatic carbocycles. The zero-order valence-electron chi connectivity index (χ0n) is 9.91. The summed E-state index contributed by atoms with van der Waals surface area (Å²) in [4.78, 5) is 0. The van der Waals surface area contributed by atoms with Gasteiger partial charge in [-0.3, -0.25) is 0 Å². The van der Waals surface area contributed by atoms with Crippen molar-refractivity contribution in [3.8, 4) is 5.75 Å². The van der Waals surface area contributed by atoms with Gasteiger partial charge in [-0.25, -0.2) is 8.78 Å². The van der Waals surface area contributed by atoms with Gasteiger partial charge in [-0.2, -0.15) is 0 Å². The lowest BCUT2D eigenvalue weighted by molar-refractivity contribution is 0.0891. The molecule has 2 nitrogen and oxygen atoms in total. The molecule has 1 fully saturated rings. The third kappa shape index (κ3) is 1.49. The predicted molar refractivity (Wildman–Crippen MR) is 65.9 cm³/mol. The molecule has 0 amide bonds. The number of benzene rings is 2. The fourth-order valence-corrected chi connectivity index (χ4v) is 2.25. The third-order valence-corrected chi connectivity index (χ3v) is 3.59. The Hall–Kier alpha value is -1.68. The van der Waals surface area contributed by atoms with E-state index in [0.29, 0.717) is 5.56 Å². The lowest BCUT2D eigenvalue weighted by atomic mass is 10.0. The Morgan fingerprint density at radius 3 is 2.33 bits per heavy atom. The van der Waals surface area contributed by atoms with Crippen molar-refractivity contribution in [2.24, 2.45) is 5.73 Å². The van der Waals surface area contributed by atoms with Gasteiger partial charge in [0.1, 0.15) is 11.3 Å². The highest BCUT2D eigenvalue weighted by Gasteiger charge is 2.69. The molecule has 3 rings (SSSR count). The van der Waals surface area contributed by atoms with Crippen LogP contribution in [-0.4, -0.2) is 13.0 Å². The smallest absolute Gasteiger partial charge is 0.272 e. The molecule has 4 heteroatoms. The monoisotopic (exact) mass is 249 g/mol. The molecule has 1 unspecified atom stereocenters. The molecule has 1 saturated carbocycles. The number of alkyl halides is 2. The maximum atomic E-state index is 13.2. The SMILES string of the molecule is COc1ccc2cc(C3(N)CC3(F)F)ccc2c1. The van der Waals surface area contributed by atoms with Crippen LogP contribution in [0.5, 0.6) is 5.75 Å². The molecular weight excluding hydrogens is 236 g/mol. The van der Waals surface area contributed by atoms with E-state index in [2.05, 4.69) is 0 Å². The van der Waals surface area contributed by atoms with E-state index in [1.54, 1.807) is 31.4 Å². The lowest BCUT2D eigenvalue weighted by Gasteiger charge is -2.12. The molecular formula is C14H13F2NO. The molecule has 0 heterocycles. The third-order valence-electron chi connectivity index (χ3n) is 3.59. The number of fused-ring (bicyclic) bond motifs is 1. The molecule has 0 saturated heterocycles. The highest BCUT2D eigenvalue weighted by molar-refractivity contribution is 5.85. The van der Waals surface area contributed by atoms with Gasteiger partial charge in [-0.05, 0) is 34.5 Å². The van der Waals surface area contributed by atoms with Crippen molar-refractivity contribution in [2.45, 2.75) is 17.9 Å². The zero-order chi connectivity index (χ0) is 13.0. The summed E-state index contributed by atoms with van der Waals surface area (Å²) in [5.74, 6) is -2.04. The molecule has 2 aromatic rings. The Morgan fingerprint density at radius 2 is 1.72 bits per heavy atom. The van der Waals surface area contributed by atoms with E-state index in [1.807, 2.05) is 12.1 Å². The average molecular weight is 249 g/mol. The highest BCUT2D eigenvalue weighted by Crippen LogP contribution is 2.57. The molecule has 0 aromatic heterocycles. The van der Waals surface area contributed by atoms with Gasteiger partial charge in [0.25, 0.3) is 5.92 Å². The summed E-state index contributed by atoms with van der Waals surface area (Å²) in [6.07, 6.45) is -0.276. The van der Waals surface area contributed by atoms with Crippen LogP contribution in [0.25, 0.3) is 10.8 Å². The first-order valence-electron chi connectivity index (χ1n) is 5.71. The molecule has 0 bridgehead atoms. The Kier molecular flexibility index (Phi) is 2.17. The second-order valence-corrected chi connectivity index (χ2v) is 4.78. The molecule has 94 valence electrons. The van der Waals surface area contributed by atoms with Crippen LogP contribution in [0.3, 0.4) is 0 Å². The van der Waals surface area contributed by atoms with Crippen LogP contribution < -0.4 is 10.5 Å². The van der Waals surface area contributed by atoms with Crippen LogP contribution in [0.15, 0.2) is 36.4 Å². The Labute approximate surface area is 103 Å². The van der Waals surface area contributed by atoms with Gasteiger partial charge in [0.05, 0.1) is 7.11 Å². The first-order valence-corrected chi connectivity index (χ1v) is 5.71. The number of ether oxygens (including phenoxy) is 1. The van der Waals surface area contributed by atoms with E-state index >= 15 is 0 Å². The number of hydrogen-bond donors (Lipinski definition) is 1. The minimum absolute atomic E-state index is 0.276. The minimum Gasteiger partial charge on any atom is -0.497 e. The lowest BCUT2D eigenvalue weighted by Crippen LogP contribution is -2.26. The second kappa shape index (κ2) is 3.42. The Morgan fingerprint density at radius 1 is 1.11 bits per heavy atom. The van der Waals surface area contributed by atoms with Crippen LogP contribution in [-0.2, 0) is 5.54 Å². The fourth-order valence-electron chi connectivity index (χ4n) is 2.25. The topological polar surface area (TPSA) is 35.2 Å². The normalized spacial score (nSPS) is 25.1. The molecule has 1 aliphatic carbocycles. The van der Waals surface area contributed by atoms with Crippen molar-refractivity contribution in [1.29, 1.82) is 0 Å². The van der Waals surface area contributed by atoms with E-state index in [-0.39, 0.29) is 6.42 Å². The predicted octanol–water partition coefficient (Wildman–Crippen LogP) is 3.04. The molecule has 2 N–H and O–H groups in total. The zero-order valence-corrected chi connectivity index (χ0v) is 9.91. The molecule has 0 radical (unpaired) electrons. The van der Waals surface area contributed by atoms with E-state index in [9.17, 15) is 8.78 Å². The first-order chi connectivity index (χ1) is 8.46. The molecule has 1 atom stereocenters. The number of rotatable bonds is 2. The van der Waals surface area contributed by atoms with Gasteiger partial charge in [-0.15, -0.1) is 0 Å². The van der Waals surface area contributed by atoms with E-state index in [1.165, 1.54) is 0 Å². The first kappa shape index (κ1) is 11.4. The molecule has 0 spiro atoms. The summed E-state index contributed by atoms with van der Waals surface area (Å²) < 4.78 is 31.6.